The molecular formula is C20H28N4O4. The predicted octanol–water partition coefficient (Wildman–Crippen LogP) is 2.24. The van der Waals surface area contributed by atoms with Crippen molar-refractivity contribution in [2.45, 2.75) is 39.2 Å². The molecule has 0 radical (unpaired) electrons. The first-order valence-electron chi connectivity index (χ1n) is 9.58. The first-order chi connectivity index (χ1) is 13.2. The average Bonchev–Trinajstić information content (AvgIpc) is 3.11. The van der Waals surface area contributed by atoms with Gasteiger partial charge >= 0.3 is 6.09 Å². The summed E-state index contributed by atoms with van der Waals surface area (Å²) in [6, 6.07) is 1.74. The lowest BCUT2D eigenvalue weighted by atomic mass is 9.97. The second kappa shape index (κ2) is 7.69. The summed E-state index contributed by atoms with van der Waals surface area (Å²) >= 11 is 0. The van der Waals surface area contributed by atoms with Gasteiger partial charge < -0.3 is 24.5 Å². The minimum atomic E-state index is -0.499. The molecule has 2 N–H and O–H groups in total. The Bertz CT molecular complexity index is 930. The monoisotopic (exact) mass is 388 g/mol. The molecule has 8 nitrogen and oxygen atoms in total. The molecule has 8 heteroatoms. The van der Waals surface area contributed by atoms with Crippen molar-refractivity contribution in [1.29, 1.82) is 0 Å². The summed E-state index contributed by atoms with van der Waals surface area (Å²) in [5.74, 6) is 0.103. The minimum Gasteiger partial charge on any atom is -0.444 e. The third-order valence-electron chi connectivity index (χ3n) is 4.96. The fourth-order valence-electron chi connectivity index (χ4n) is 3.43. The number of ether oxygens (including phenoxy) is 1. The van der Waals surface area contributed by atoms with Gasteiger partial charge in [-0.25, -0.2) is 4.79 Å². The highest BCUT2D eigenvalue weighted by Gasteiger charge is 2.27. The Balaban J connectivity index is 1.56. The van der Waals surface area contributed by atoms with Gasteiger partial charge in [-0.3, -0.25) is 9.59 Å². The molecular weight excluding hydrogens is 360 g/mol. The maximum atomic E-state index is 12.7. The summed E-state index contributed by atoms with van der Waals surface area (Å²) in [6.07, 6.45) is 4.57. The molecule has 0 aromatic carbocycles. The van der Waals surface area contributed by atoms with Crippen molar-refractivity contribution in [3.05, 3.63) is 34.4 Å². The van der Waals surface area contributed by atoms with Crippen LogP contribution in [0, 0.1) is 5.92 Å². The number of hydrogen-bond donors (Lipinski definition) is 2. The van der Waals surface area contributed by atoms with Crippen molar-refractivity contribution in [1.82, 2.24) is 19.8 Å². The molecule has 0 aliphatic carbocycles. The van der Waals surface area contributed by atoms with Gasteiger partial charge in [0.15, 0.2) is 0 Å². The van der Waals surface area contributed by atoms with E-state index >= 15 is 0 Å². The number of pyridine rings is 1. The summed E-state index contributed by atoms with van der Waals surface area (Å²) in [6.45, 7) is 7.35. The number of likely N-dealkylation sites (tertiary alicyclic amines) is 1. The van der Waals surface area contributed by atoms with E-state index in [2.05, 4.69) is 10.3 Å². The van der Waals surface area contributed by atoms with Crippen LogP contribution in [0.2, 0.25) is 0 Å². The van der Waals surface area contributed by atoms with Crippen LogP contribution in [0.25, 0.3) is 10.9 Å². The standard InChI is InChI=1S/C20H28N4O4/c1-20(2,3)28-19(27)24-9-6-13(7-10-24)11-22-17(25)15-12-23(4)18(26)16-14(15)5-8-21-16/h5,8,12-13,21H,6-7,9-11H2,1-4H3,(H,22,25). The first kappa shape index (κ1) is 20.0. The van der Waals surface area contributed by atoms with Crippen LogP contribution >= 0.6 is 0 Å². The summed E-state index contributed by atoms with van der Waals surface area (Å²) in [4.78, 5) is 41.5. The molecule has 0 atom stereocenters. The van der Waals surface area contributed by atoms with Crippen molar-refractivity contribution < 1.29 is 14.3 Å². The summed E-state index contributed by atoms with van der Waals surface area (Å²) in [5.41, 5.74) is 0.248. The lowest BCUT2D eigenvalue weighted by molar-refractivity contribution is 0.0183. The lowest BCUT2D eigenvalue weighted by Gasteiger charge is -2.33. The summed E-state index contributed by atoms with van der Waals surface area (Å²) < 4.78 is 6.82. The fraction of sp³-hybridized carbons (Fsp3) is 0.550. The number of nitrogens with one attached hydrogen (secondary N) is 2. The van der Waals surface area contributed by atoms with Crippen molar-refractivity contribution in [3.63, 3.8) is 0 Å². The van der Waals surface area contributed by atoms with E-state index < -0.39 is 5.60 Å². The largest absolute Gasteiger partial charge is 0.444 e. The first-order valence-corrected chi connectivity index (χ1v) is 9.58. The Hall–Kier alpha value is -2.77. The zero-order valence-corrected chi connectivity index (χ0v) is 16.9. The summed E-state index contributed by atoms with van der Waals surface area (Å²) in [5, 5.41) is 3.60. The van der Waals surface area contributed by atoms with Crippen molar-refractivity contribution >= 4 is 22.9 Å². The molecule has 0 saturated carbocycles. The van der Waals surface area contributed by atoms with Gasteiger partial charge in [-0.1, -0.05) is 0 Å². The van der Waals surface area contributed by atoms with Crippen LogP contribution in [-0.2, 0) is 11.8 Å². The van der Waals surface area contributed by atoms with Gasteiger partial charge in [0.2, 0.25) is 0 Å². The zero-order chi connectivity index (χ0) is 20.5. The van der Waals surface area contributed by atoms with E-state index in [-0.39, 0.29) is 17.6 Å². The van der Waals surface area contributed by atoms with E-state index in [0.29, 0.717) is 42.0 Å². The molecule has 152 valence electrons. The number of carbonyl (C=O) groups is 2. The van der Waals surface area contributed by atoms with Gasteiger partial charge in [0.05, 0.1) is 5.56 Å². The maximum Gasteiger partial charge on any atom is 0.410 e. The van der Waals surface area contributed by atoms with Crippen LogP contribution in [0.15, 0.2) is 23.3 Å². The molecule has 2 amide bonds. The Morgan fingerprint density at radius 3 is 2.61 bits per heavy atom. The molecule has 0 bridgehead atoms. The number of amides is 2. The highest BCUT2D eigenvalue weighted by molar-refractivity contribution is 6.05. The van der Waals surface area contributed by atoms with Crippen LogP contribution < -0.4 is 10.9 Å². The minimum absolute atomic E-state index is 0.161. The van der Waals surface area contributed by atoms with Crippen molar-refractivity contribution in [2.24, 2.45) is 13.0 Å². The van der Waals surface area contributed by atoms with E-state index in [1.807, 2.05) is 20.8 Å². The SMILES string of the molecule is Cn1cc(C(=O)NCC2CCN(C(=O)OC(C)(C)C)CC2)c2cc[nH]c2c1=O. The van der Waals surface area contributed by atoms with Crippen molar-refractivity contribution in [2.75, 3.05) is 19.6 Å². The number of aromatic nitrogens is 2. The molecule has 1 aliphatic heterocycles. The van der Waals surface area contributed by atoms with Gasteiger partial charge in [-0.2, -0.15) is 0 Å². The number of piperidine rings is 1. The Morgan fingerprint density at radius 1 is 1.29 bits per heavy atom. The Labute approximate surface area is 163 Å². The number of hydrogen-bond acceptors (Lipinski definition) is 4. The molecule has 0 unspecified atom stereocenters. The second-order valence-corrected chi connectivity index (χ2v) is 8.35. The third kappa shape index (κ3) is 4.37. The zero-order valence-electron chi connectivity index (χ0n) is 16.9. The van der Waals surface area contributed by atoms with E-state index in [1.165, 1.54) is 4.57 Å². The Morgan fingerprint density at radius 2 is 1.96 bits per heavy atom. The number of H-pyrrole nitrogens is 1. The predicted molar refractivity (Wildman–Crippen MR) is 106 cm³/mol. The molecule has 28 heavy (non-hydrogen) atoms. The molecule has 2 aromatic rings. The van der Waals surface area contributed by atoms with Crippen LogP contribution in [0.3, 0.4) is 0 Å². The molecule has 3 rings (SSSR count). The smallest absolute Gasteiger partial charge is 0.410 e. The number of fused-ring (bicyclic) bond motifs is 1. The van der Waals surface area contributed by atoms with Gasteiger partial charge in [0, 0.05) is 44.5 Å². The Kier molecular flexibility index (Phi) is 5.49. The van der Waals surface area contributed by atoms with Crippen LogP contribution in [0.1, 0.15) is 44.0 Å². The number of aryl methyl sites for hydroxylation is 1. The number of rotatable bonds is 3. The van der Waals surface area contributed by atoms with E-state index in [4.69, 9.17) is 4.74 Å². The third-order valence-corrected chi connectivity index (χ3v) is 4.96. The highest BCUT2D eigenvalue weighted by Crippen LogP contribution is 2.20. The second-order valence-electron chi connectivity index (χ2n) is 8.35. The maximum absolute atomic E-state index is 12.7. The molecule has 3 heterocycles. The number of aromatic amines is 1. The summed E-state index contributed by atoms with van der Waals surface area (Å²) in [7, 11) is 1.63. The van der Waals surface area contributed by atoms with Crippen LogP contribution in [0.4, 0.5) is 4.79 Å². The topological polar surface area (TPSA) is 96.4 Å². The molecule has 1 fully saturated rings. The lowest BCUT2D eigenvalue weighted by Crippen LogP contribution is -2.43. The number of carbonyl (C=O) groups excluding carboxylic acids is 2. The van der Waals surface area contributed by atoms with Crippen molar-refractivity contribution in [3.8, 4) is 0 Å². The molecule has 2 aromatic heterocycles. The number of nitrogens with zero attached hydrogens (tertiary/aromatic N) is 2. The van der Waals surface area contributed by atoms with Crippen LogP contribution in [0.5, 0.6) is 0 Å². The van der Waals surface area contributed by atoms with Gasteiger partial charge in [0.1, 0.15) is 11.1 Å². The normalized spacial score (nSPS) is 15.6. The van der Waals surface area contributed by atoms with Crippen LogP contribution in [-0.4, -0.2) is 51.7 Å². The molecule has 1 aliphatic rings. The molecule has 0 spiro atoms. The van der Waals surface area contributed by atoms with Gasteiger partial charge in [-0.05, 0) is 45.6 Å². The molecule has 1 saturated heterocycles. The van der Waals surface area contributed by atoms with Gasteiger partial charge in [0.25, 0.3) is 11.5 Å². The highest BCUT2D eigenvalue weighted by atomic mass is 16.6. The van der Waals surface area contributed by atoms with Gasteiger partial charge in [-0.15, -0.1) is 0 Å². The average molecular weight is 388 g/mol. The fourth-order valence-corrected chi connectivity index (χ4v) is 3.43. The van der Waals surface area contributed by atoms with E-state index in [0.717, 1.165) is 12.8 Å². The van der Waals surface area contributed by atoms with E-state index in [1.54, 1.807) is 30.4 Å². The van der Waals surface area contributed by atoms with E-state index in [9.17, 15) is 14.4 Å². The quantitative estimate of drug-likeness (QED) is 0.843.